The number of hydrogen-bond acceptors (Lipinski definition) is 5. The van der Waals surface area contributed by atoms with Gasteiger partial charge in [0.1, 0.15) is 5.82 Å². The van der Waals surface area contributed by atoms with Crippen molar-refractivity contribution in [3.63, 3.8) is 0 Å². The van der Waals surface area contributed by atoms with E-state index in [9.17, 15) is 18.8 Å². The number of nitrogens with zero attached hydrogens (tertiary/aromatic N) is 2. The second-order valence-electron chi connectivity index (χ2n) is 7.60. The van der Waals surface area contributed by atoms with E-state index in [0.717, 1.165) is 4.88 Å². The molecule has 2 aromatic carbocycles. The van der Waals surface area contributed by atoms with Crippen LogP contribution in [0.1, 0.15) is 20.0 Å². The summed E-state index contributed by atoms with van der Waals surface area (Å²) in [6.07, 6.45) is 0. The molecule has 0 unspecified atom stereocenters. The van der Waals surface area contributed by atoms with Crippen LogP contribution in [0.25, 0.3) is 0 Å². The Balaban J connectivity index is 1.31. The lowest BCUT2D eigenvalue weighted by Gasteiger charge is -2.34. The summed E-state index contributed by atoms with van der Waals surface area (Å²) in [5, 5.41) is 7.39. The molecule has 7 nitrogen and oxygen atoms in total. The monoisotopic (exact) mass is 466 g/mol. The lowest BCUT2D eigenvalue weighted by molar-refractivity contribution is -0.117. The number of anilines is 2. The van der Waals surface area contributed by atoms with E-state index < -0.39 is 11.7 Å². The van der Waals surface area contributed by atoms with Crippen molar-refractivity contribution in [3.8, 4) is 0 Å². The van der Waals surface area contributed by atoms with Gasteiger partial charge in [-0.15, -0.1) is 11.3 Å². The predicted molar refractivity (Wildman–Crippen MR) is 126 cm³/mol. The fourth-order valence-corrected chi connectivity index (χ4v) is 4.27. The molecule has 1 fully saturated rings. The molecule has 0 atom stereocenters. The zero-order chi connectivity index (χ0) is 23.2. The number of thiophene rings is 1. The Hall–Kier alpha value is -3.56. The third kappa shape index (κ3) is 5.82. The Labute approximate surface area is 194 Å². The highest BCUT2D eigenvalue weighted by atomic mass is 32.1. The predicted octanol–water partition coefficient (Wildman–Crippen LogP) is 3.54. The molecule has 1 aliphatic heterocycles. The molecule has 1 saturated heterocycles. The van der Waals surface area contributed by atoms with Gasteiger partial charge in [0, 0.05) is 31.9 Å². The first kappa shape index (κ1) is 22.6. The highest BCUT2D eigenvalue weighted by Crippen LogP contribution is 2.18. The van der Waals surface area contributed by atoms with Crippen molar-refractivity contribution >= 4 is 40.4 Å². The Morgan fingerprint density at radius 3 is 2.30 bits per heavy atom. The van der Waals surface area contributed by atoms with Gasteiger partial charge in [-0.1, -0.05) is 18.2 Å². The molecule has 2 heterocycles. The van der Waals surface area contributed by atoms with Gasteiger partial charge in [0.15, 0.2) is 0 Å². The van der Waals surface area contributed by atoms with E-state index in [1.807, 2.05) is 22.4 Å². The Kier molecular flexibility index (Phi) is 7.11. The molecule has 3 amide bonds. The van der Waals surface area contributed by atoms with Crippen molar-refractivity contribution in [1.29, 1.82) is 0 Å². The smallest absolute Gasteiger partial charge is 0.264 e. The summed E-state index contributed by atoms with van der Waals surface area (Å²) in [5.41, 5.74) is 1.16. The topological polar surface area (TPSA) is 81.8 Å². The number of piperazine rings is 1. The van der Waals surface area contributed by atoms with Crippen molar-refractivity contribution in [3.05, 3.63) is 82.3 Å². The van der Waals surface area contributed by atoms with Crippen LogP contribution < -0.4 is 10.6 Å². The average molecular weight is 467 g/mol. The van der Waals surface area contributed by atoms with Gasteiger partial charge >= 0.3 is 0 Å². The molecule has 33 heavy (non-hydrogen) atoms. The first-order chi connectivity index (χ1) is 16.0. The number of carbonyl (C=O) groups excluding carboxylic acids is 3. The maximum atomic E-state index is 13.1. The average Bonchev–Trinajstić information content (AvgIpc) is 3.36. The Morgan fingerprint density at radius 1 is 0.879 bits per heavy atom. The number of nitrogens with one attached hydrogen (secondary N) is 2. The summed E-state index contributed by atoms with van der Waals surface area (Å²) in [7, 11) is 0. The molecule has 0 saturated carbocycles. The first-order valence-corrected chi connectivity index (χ1v) is 11.4. The van der Waals surface area contributed by atoms with Crippen LogP contribution >= 0.6 is 11.3 Å². The molecule has 2 N–H and O–H groups in total. The van der Waals surface area contributed by atoms with E-state index in [2.05, 4.69) is 10.6 Å². The molecular formula is C24H23FN4O3S. The van der Waals surface area contributed by atoms with Gasteiger partial charge in [-0.25, -0.2) is 4.39 Å². The summed E-state index contributed by atoms with van der Waals surface area (Å²) < 4.78 is 13.1. The minimum atomic E-state index is -0.404. The minimum absolute atomic E-state index is 0.0233. The zero-order valence-corrected chi connectivity index (χ0v) is 18.6. The van der Waals surface area contributed by atoms with Crippen molar-refractivity contribution in [2.45, 2.75) is 0 Å². The van der Waals surface area contributed by atoms with Crippen molar-refractivity contribution < 1.29 is 18.8 Å². The normalized spacial score (nSPS) is 14.0. The molecule has 0 spiro atoms. The van der Waals surface area contributed by atoms with Crippen LogP contribution in [0.15, 0.2) is 66.0 Å². The van der Waals surface area contributed by atoms with E-state index in [0.29, 0.717) is 43.1 Å². The molecule has 9 heteroatoms. The molecule has 0 bridgehead atoms. The number of rotatable bonds is 6. The lowest BCUT2D eigenvalue weighted by Crippen LogP contribution is -2.50. The zero-order valence-electron chi connectivity index (χ0n) is 17.8. The van der Waals surface area contributed by atoms with E-state index >= 15 is 0 Å². The fourth-order valence-electron chi connectivity index (χ4n) is 3.58. The van der Waals surface area contributed by atoms with Gasteiger partial charge in [-0.05, 0) is 47.8 Å². The summed E-state index contributed by atoms with van der Waals surface area (Å²) >= 11 is 1.42. The number of benzene rings is 2. The highest BCUT2D eigenvalue weighted by molar-refractivity contribution is 7.12. The van der Waals surface area contributed by atoms with Crippen LogP contribution in [0.2, 0.25) is 0 Å². The van der Waals surface area contributed by atoms with Crippen LogP contribution in [0, 0.1) is 5.82 Å². The van der Waals surface area contributed by atoms with E-state index in [-0.39, 0.29) is 18.4 Å². The largest absolute Gasteiger partial charge is 0.335 e. The van der Waals surface area contributed by atoms with Gasteiger partial charge in [0.25, 0.3) is 11.8 Å². The van der Waals surface area contributed by atoms with Gasteiger partial charge in [0.05, 0.1) is 22.7 Å². The maximum absolute atomic E-state index is 13.1. The van der Waals surface area contributed by atoms with Gasteiger partial charge < -0.3 is 15.5 Å². The summed E-state index contributed by atoms with van der Waals surface area (Å²) in [5.74, 6) is -1.01. The van der Waals surface area contributed by atoms with Gasteiger partial charge in [0.2, 0.25) is 5.91 Å². The summed E-state index contributed by atoms with van der Waals surface area (Å²) in [6, 6.07) is 15.9. The quantitative estimate of drug-likeness (QED) is 0.582. The third-order valence-corrected chi connectivity index (χ3v) is 6.16. The van der Waals surface area contributed by atoms with Crippen molar-refractivity contribution in [1.82, 2.24) is 9.80 Å². The SMILES string of the molecule is O=C(CN1CCN(C(=O)c2cccs2)CC1)Nc1ccccc1C(=O)Nc1ccc(F)cc1. The van der Waals surface area contributed by atoms with Crippen LogP contribution in [0.3, 0.4) is 0 Å². The number of carbonyl (C=O) groups is 3. The highest BCUT2D eigenvalue weighted by Gasteiger charge is 2.24. The van der Waals surface area contributed by atoms with Crippen LogP contribution in [-0.4, -0.2) is 60.2 Å². The summed E-state index contributed by atoms with van der Waals surface area (Å²) in [6.45, 7) is 2.46. The Bertz CT molecular complexity index is 1130. The van der Waals surface area contributed by atoms with Gasteiger partial charge in [-0.3, -0.25) is 19.3 Å². The van der Waals surface area contributed by atoms with Crippen LogP contribution in [0.5, 0.6) is 0 Å². The van der Waals surface area contributed by atoms with E-state index in [1.165, 1.54) is 35.6 Å². The molecule has 3 aromatic rings. The van der Waals surface area contributed by atoms with Gasteiger partial charge in [-0.2, -0.15) is 0 Å². The molecule has 1 aliphatic rings. The second kappa shape index (κ2) is 10.4. The second-order valence-corrected chi connectivity index (χ2v) is 8.55. The number of para-hydroxylation sites is 1. The first-order valence-electron chi connectivity index (χ1n) is 10.5. The molecule has 4 rings (SSSR count). The molecule has 170 valence electrons. The molecule has 0 aliphatic carbocycles. The fraction of sp³-hybridized carbons (Fsp3) is 0.208. The minimum Gasteiger partial charge on any atom is -0.335 e. The van der Waals surface area contributed by atoms with Crippen LogP contribution in [0.4, 0.5) is 15.8 Å². The molecule has 0 radical (unpaired) electrons. The number of hydrogen-bond donors (Lipinski definition) is 2. The van der Waals surface area contributed by atoms with Crippen molar-refractivity contribution in [2.75, 3.05) is 43.4 Å². The maximum Gasteiger partial charge on any atom is 0.264 e. The van der Waals surface area contributed by atoms with Crippen molar-refractivity contribution in [2.24, 2.45) is 0 Å². The van der Waals surface area contributed by atoms with Crippen LogP contribution in [-0.2, 0) is 4.79 Å². The lowest BCUT2D eigenvalue weighted by atomic mass is 10.1. The molecule has 1 aromatic heterocycles. The number of halogens is 1. The van der Waals surface area contributed by atoms with E-state index in [4.69, 9.17) is 0 Å². The Morgan fingerprint density at radius 2 is 1.61 bits per heavy atom. The number of amides is 3. The standard InChI is InChI=1S/C24H23FN4O3S/c25-17-7-9-18(10-8-17)26-23(31)19-4-1-2-5-20(19)27-22(30)16-28-11-13-29(14-12-28)24(32)21-6-3-15-33-21/h1-10,15H,11-14,16H2,(H,26,31)(H,27,30). The third-order valence-electron chi connectivity index (χ3n) is 5.31. The van der Waals surface area contributed by atoms with E-state index in [1.54, 1.807) is 29.2 Å². The summed E-state index contributed by atoms with van der Waals surface area (Å²) in [4.78, 5) is 42.3. The molecular weight excluding hydrogens is 443 g/mol.